The van der Waals surface area contributed by atoms with E-state index in [9.17, 15) is 18.8 Å². The Hall–Kier alpha value is -2.64. The molecule has 0 atom stereocenters. The first-order valence-corrected chi connectivity index (χ1v) is 9.29. The van der Waals surface area contributed by atoms with Crippen molar-refractivity contribution in [2.45, 2.75) is 38.1 Å². The molecule has 1 saturated carbocycles. The van der Waals surface area contributed by atoms with Crippen molar-refractivity contribution in [3.05, 3.63) is 30.1 Å². The minimum atomic E-state index is -0.914. The van der Waals surface area contributed by atoms with Crippen LogP contribution in [-0.2, 0) is 9.59 Å². The fourth-order valence-corrected chi connectivity index (χ4v) is 3.81. The predicted molar refractivity (Wildman–Crippen MR) is 98.6 cm³/mol. The zero-order valence-electron chi connectivity index (χ0n) is 15.5. The summed E-state index contributed by atoms with van der Waals surface area (Å²) >= 11 is 0. The van der Waals surface area contributed by atoms with Crippen LogP contribution in [0, 0.1) is 5.82 Å². The summed E-state index contributed by atoms with van der Waals surface area (Å²) in [6.45, 7) is 3.50. The van der Waals surface area contributed by atoms with Crippen molar-refractivity contribution < 1.29 is 18.8 Å². The molecule has 0 spiro atoms. The molecule has 1 saturated heterocycles. The fourth-order valence-electron chi connectivity index (χ4n) is 3.81. The standard InChI is InChI=1S/C19H25FN4O3/c1-14(25)23-10-12-24(13-11-23)17(26)19(8-2-3-9-19)22-18(27)21-16-6-4-15(20)5-7-16/h4-7H,2-3,8-13H2,1H3,(H2,21,22,27). The maximum atomic E-state index is 13.2. The number of amides is 4. The van der Waals surface area contributed by atoms with Gasteiger partial charge in [0.15, 0.2) is 0 Å². The van der Waals surface area contributed by atoms with Crippen LogP contribution in [0.3, 0.4) is 0 Å². The van der Waals surface area contributed by atoms with E-state index in [-0.39, 0.29) is 17.6 Å². The van der Waals surface area contributed by atoms with Crippen molar-refractivity contribution in [1.29, 1.82) is 0 Å². The fraction of sp³-hybridized carbons (Fsp3) is 0.526. The van der Waals surface area contributed by atoms with Crippen molar-refractivity contribution in [3.63, 3.8) is 0 Å². The van der Waals surface area contributed by atoms with Gasteiger partial charge in [-0.2, -0.15) is 0 Å². The van der Waals surface area contributed by atoms with Gasteiger partial charge in [-0.1, -0.05) is 12.8 Å². The second-order valence-electron chi connectivity index (χ2n) is 7.17. The molecule has 0 bridgehead atoms. The lowest BCUT2D eigenvalue weighted by Crippen LogP contribution is -2.62. The maximum absolute atomic E-state index is 13.2. The van der Waals surface area contributed by atoms with Gasteiger partial charge in [-0.15, -0.1) is 0 Å². The SMILES string of the molecule is CC(=O)N1CCN(C(=O)C2(NC(=O)Nc3ccc(F)cc3)CCCC2)CC1. The molecule has 0 unspecified atom stereocenters. The third kappa shape index (κ3) is 4.37. The summed E-state index contributed by atoms with van der Waals surface area (Å²) < 4.78 is 13.0. The number of carbonyl (C=O) groups is 3. The van der Waals surface area contributed by atoms with E-state index in [1.54, 1.807) is 9.80 Å². The quantitative estimate of drug-likeness (QED) is 0.846. The Labute approximate surface area is 157 Å². The van der Waals surface area contributed by atoms with E-state index in [1.807, 2.05) is 0 Å². The molecule has 2 N–H and O–H groups in total. The van der Waals surface area contributed by atoms with Gasteiger partial charge in [0.2, 0.25) is 11.8 Å². The third-order valence-corrected chi connectivity index (χ3v) is 5.33. The molecule has 1 aliphatic carbocycles. The van der Waals surface area contributed by atoms with Crippen LogP contribution in [0.5, 0.6) is 0 Å². The summed E-state index contributed by atoms with van der Waals surface area (Å²) in [5.41, 5.74) is -0.452. The van der Waals surface area contributed by atoms with Gasteiger partial charge in [0.1, 0.15) is 11.4 Å². The molecular weight excluding hydrogens is 351 g/mol. The number of hydrogen-bond donors (Lipinski definition) is 2. The average Bonchev–Trinajstić information content (AvgIpc) is 3.12. The molecule has 27 heavy (non-hydrogen) atoms. The Kier molecular flexibility index (Phi) is 5.62. The lowest BCUT2D eigenvalue weighted by Gasteiger charge is -2.39. The number of urea groups is 1. The predicted octanol–water partition coefficient (Wildman–Crippen LogP) is 1.95. The summed E-state index contributed by atoms with van der Waals surface area (Å²) in [6, 6.07) is 5.00. The summed E-state index contributed by atoms with van der Waals surface area (Å²) in [6.07, 6.45) is 2.93. The lowest BCUT2D eigenvalue weighted by molar-refractivity contribution is -0.143. The molecule has 1 aliphatic heterocycles. The van der Waals surface area contributed by atoms with Crippen molar-refractivity contribution in [3.8, 4) is 0 Å². The van der Waals surface area contributed by atoms with Gasteiger partial charge in [-0.25, -0.2) is 9.18 Å². The molecule has 3 rings (SSSR count). The van der Waals surface area contributed by atoms with Crippen molar-refractivity contribution >= 4 is 23.5 Å². The second-order valence-corrected chi connectivity index (χ2v) is 7.17. The number of hydrogen-bond acceptors (Lipinski definition) is 3. The normalized spacial score (nSPS) is 18.9. The van der Waals surface area contributed by atoms with E-state index < -0.39 is 11.6 Å². The molecule has 2 aliphatic rings. The largest absolute Gasteiger partial charge is 0.339 e. The van der Waals surface area contributed by atoms with Crippen LogP contribution in [0.4, 0.5) is 14.9 Å². The van der Waals surface area contributed by atoms with Gasteiger partial charge < -0.3 is 20.4 Å². The molecule has 4 amide bonds. The van der Waals surface area contributed by atoms with Crippen LogP contribution in [0.1, 0.15) is 32.6 Å². The van der Waals surface area contributed by atoms with E-state index in [0.29, 0.717) is 44.7 Å². The monoisotopic (exact) mass is 376 g/mol. The van der Waals surface area contributed by atoms with Crippen LogP contribution in [0.15, 0.2) is 24.3 Å². The number of benzene rings is 1. The molecule has 7 nitrogen and oxygen atoms in total. The minimum absolute atomic E-state index is 0.00878. The van der Waals surface area contributed by atoms with Gasteiger partial charge in [0.05, 0.1) is 0 Å². The van der Waals surface area contributed by atoms with E-state index in [0.717, 1.165) is 12.8 Å². The zero-order chi connectivity index (χ0) is 19.4. The summed E-state index contributed by atoms with van der Waals surface area (Å²) in [7, 11) is 0. The Morgan fingerprint density at radius 1 is 0.963 bits per heavy atom. The topological polar surface area (TPSA) is 81.8 Å². The number of carbonyl (C=O) groups excluding carboxylic acids is 3. The molecule has 0 radical (unpaired) electrons. The number of nitrogens with zero attached hydrogens (tertiary/aromatic N) is 2. The van der Waals surface area contributed by atoms with Crippen molar-refractivity contribution in [1.82, 2.24) is 15.1 Å². The number of piperazine rings is 1. The minimum Gasteiger partial charge on any atom is -0.339 e. The van der Waals surface area contributed by atoms with E-state index in [2.05, 4.69) is 10.6 Å². The Morgan fingerprint density at radius 3 is 2.07 bits per heavy atom. The molecule has 2 fully saturated rings. The maximum Gasteiger partial charge on any atom is 0.320 e. The van der Waals surface area contributed by atoms with Crippen LogP contribution < -0.4 is 10.6 Å². The highest BCUT2D eigenvalue weighted by Gasteiger charge is 2.45. The zero-order valence-corrected chi connectivity index (χ0v) is 15.5. The summed E-state index contributed by atoms with van der Waals surface area (Å²) in [5.74, 6) is -0.458. The summed E-state index contributed by atoms with van der Waals surface area (Å²) in [4.78, 5) is 40.5. The Morgan fingerprint density at radius 2 is 1.52 bits per heavy atom. The first-order valence-electron chi connectivity index (χ1n) is 9.29. The molecule has 1 aromatic rings. The highest BCUT2D eigenvalue weighted by Crippen LogP contribution is 2.32. The van der Waals surface area contributed by atoms with Crippen molar-refractivity contribution in [2.75, 3.05) is 31.5 Å². The third-order valence-electron chi connectivity index (χ3n) is 5.33. The molecule has 146 valence electrons. The van der Waals surface area contributed by atoms with Crippen LogP contribution in [0.2, 0.25) is 0 Å². The Balaban J connectivity index is 1.64. The van der Waals surface area contributed by atoms with Gasteiger partial charge in [-0.05, 0) is 37.1 Å². The molecular formula is C19H25FN4O3. The summed E-state index contributed by atoms with van der Waals surface area (Å²) in [5, 5.41) is 5.53. The van der Waals surface area contributed by atoms with Crippen LogP contribution in [0.25, 0.3) is 0 Å². The van der Waals surface area contributed by atoms with Crippen LogP contribution in [-0.4, -0.2) is 59.4 Å². The average molecular weight is 376 g/mol. The highest BCUT2D eigenvalue weighted by atomic mass is 19.1. The van der Waals surface area contributed by atoms with Crippen LogP contribution >= 0.6 is 0 Å². The van der Waals surface area contributed by atoms with E-state index in [1.165, 1.54) is 31.2 Å². The highest BCUT2D eigenvalue weighted by molar-refractivity contribution is 5.96. The smallest absolute Gasteiger partial charge is 0.320 e. The van der Waals surface area contributed by atoms with E-state index in [4.69, 9.17) is 0 Å². The first-order chi connectivity index (χ1) is 12.9. The van der Waals surface area contributed by atoms with Gasteiger partial charge in [0.25, 0.3) is 0 Å². The van der Waals surface area contributed by atoms with E-state index >= 15 is 0 Å². The Bertz CT molecular complexity index is 708. The van der Waals surface area contributed by atoms with Gasteiger partial charge in [0, 0.05) is 38.8 Å². The number of rotatable bonds is 3. The molecule has 0 aromatic heterocycles. The number of nitrogens with one attached hydrogen (secondary N) is 2. The first kappa shape index (κ1) is 19.1. The molecule has 1 aromatic carbocycles. The van der Waals surface area contributed by atoms with Gasteiger partial charge >= 0.3 is 6.03 Å². The number of anilines is 1. The molecule has 8 heteroatoms. The number of halogens is 1. The van der Waals surface area contributed by atoms with Gasteiger partial charge in [-0.3, -0.25) is 9.59 Å². The van der Waals surface area contributed by atoms with Crippen molar-refractivity contribution in [2.24, 2.45) is 0 Å². The second kappa shape index (κ2) is 7.94. The molecule has 1 heterocycles. The lowest BCUT2D eigenvalue weighted by atomic mass is 9.95.